The van der Waals surface area contributed by atoms with E-state index in [9.17, 15) is 27.5 Å². The molecule has 2 aliphatic carbocycles. The molecule has 130 valence electrons. The van der Waals surface area contributed by atoms with Gasteiger partial charge in [0, 0.05) is 17.2 Å². The van der Waals surface area contributed by atoms with E-state index in [4.69, 9.17) is 10.5 Å². The van der Waals surface area contributed by atoms with Crippen molar-refractivity contribution in [2.75, 3.05) is 0 Å². The molecular formula is C16H9F4NO4. The van der Waals surface area contributed by atoms with Crippen molar-refractivity contribution in [3.63, 3.8) is 0 Å². The van der Waals surface area contributed by atoms with Gasteiger partial charge in [-0.25, -0.2) is 0 Å². The molecule has 2 aliphatic rings. The number of carbonyl (C=O) groups is 1. The van der Waals surface area contributed by atoms with Crippen molar-refractivity contribution in [1.29, 1.82) is 0 Å². The quantitative estimate of drug-likeness (QED) is 0.627. The first-order valence-electron chi connectivity index (χ1n) is 6.80. The molecule has 0 radical (unpaired) electrons. The molecule has 3 N–H and O–H groups in total. The predicted molar refractivity (Wildman–Crippen MR) is 75.3 cm³/mol. The third kappa shape index (κ3) is 3.04. The van der Waals surface area contributed by atoms with Crippen LogP contribution in [-0.4, -0.2) is 29.7 Å². The highest BCUT2D eigenvalue weighted by Gasteiger charge is 2.57. The summed E-state index contributed by atoms with van der Waals surface area (Å²) in [7, 11) is 0. The van der Waals surface area contributed by atoms with Gasteiger partial charge in [0.05, 0.1) is 5.57 Å². The van der Waals surface area contributed by atoms with Gasteiger partial charge in [-0.15, -0.1) is 0 Å². The Balaban J connectivity index is 1.94. The highest BCUT2D eigenvalue weighted by molar-refractivity contribution is 5.93. The first-order chi connectivity index (χ1) is 11.7. The van der Waals surface area contributed by atoms with Crippen molar-refractivity contribution >= 4 is 5.91 Å². The first kappa shape index (κ1) is 16.9. The third-order valence-corrected chi connectivity index (χ3v) is 3.47. The van der Waals surface area contributed by atoms with Crippen molar-refractivity contribution in [1.82, 2.24) is 0 Å². The van der Waals surface area contributed by atoms with E-state index < -0.39 is 30.1 Å². The number of aliphatic hydroxyl groups is 1. The fourth-order valence-corrected chi connectivity index (χ4v) is 2.32. The molecule has 5 nitrogen and oxygen atoms in total. The van der Waals surface area contributed by atoms with Gasteiger partial charge in [0.15, 0.2) is 5.76 Å². The fraction of sp³-hybridized carbons (Fsp3) is 0.188. The summed E-state index contributed by atoms with van der Waals surface area (Å²) >= 11 is 0. The molecule has 1 amide bonds. The number of fused-ring (bicyclic) bond motifs is 1. The highest BCUT2D eigenvalue weighted by atomic mass is 19.3. The molecule has 25 heavy (non-hydrogen) atoms. The van der Waals surface area contributed by atoms with E-state index in [1.807, 2.05) is 0 Å². The molecule has 0 spiro atoms. The Morgan fingerprint density at radius 1 is 1.24 bits per heavy atom. The molecule has 1 fully saturated rings. The average molecular weight is 355 g/mol. The number of primary amides is 1. The number of ether oxygens (including phenoxy) is 2. The molecule has 1 saturated carbocycles. The zero-order chi connectivity index (χ0) is 18.4. The van der Waals surface area contributed by atoms with E-state index in [0.29, 0.717) is 0 Å². The predicted octanol–water partition coefficient (Wildman–Crippen LogP) is 2.28. The van der Waals surface area contributed by atoms with E-state index in [-0.39, 0.29) is 28.4 Å². The molecule has 1 atom stereocenters. The van der Waals surface area contributed by atoms with Crippen LogP contribution in [0.25, 0.3) is 0 Å². The fourth-order valence-electron chi connectivity index (χ4n) is 2.32. The summed E-state index contributed by atoms with van der Waals surface area (Å²) in [6.07, 6.45) is -0.885. The number of hydrogen-bond acceptors (Lipinski definition) is 4. The van der Waals surface area contributed by atoms with Gasteiger partial charge in [-0.1, -0.05) is 5.73 Å². The first-order valence-corrected chi connectivity index (χ1v) is 6.80. The maximum atomic E-state index is 13.3. The van der Waals surface area contributed by atoms with Crippen molar-refractivity contribution in [3.8, 4) is 11.5 Å². The van der Waals surface area contributed by atoms with Crippen LogP contribution in [0.4, 0.5) is 17.6 Å². The average Bonchev–Trinajstić information content (AvgIpc) is 2.53. The molecule has 0 bridgehead atoms. The van der Waals surface area contributed by atoms with Crippen molar-refractivity contribution < 1.29 is 36.9 Å². The Labute approximate surface area is 137 Å². The number of nitrogens with two attached hydrogens (primary N) is 1. The van der Waals surface area contributed by atoms with Crippen LogP contribution in [0, 0.1) is 0 Å². The van der Waals surface area contributed by atoms with Crippen LogP contribution in [0.15, 0.2) is 52.6 Å². The Bertz CT molecular complexity index is 893. The van der Waals surface area contributed by atoms with Gasteiger partial charge in [-0.2, -0.15) is 17.6 Å². The number of allylic oxidation sites excluding steroid dienone is 1. The molecule has 1 aromatic rings. The number of benzene rings is 1. The minimum atomic E-state index is -3.41. The normalized spacial score (nSPS) is 20.1. The summed E-state index contributed by atoms with van der Waals surface area (Å²) in [5.41, 5.74) is 8.86. The van der Waals surface area contributed by atoms with E-state index in [2.05, 4.69) is 16.2 Å². The van der Waals surface area contributed by atoms with E-state index in [1.165, 1.54) is 0 Å². The topological polar surface area (TPSA) is 81.8 Å². The van der Waals surface area contributed by atoms with Gasteiger partial charge >= 0.3 is 12.5 Å². The van der Waals surface area contributed by atoms with Gasteiger partial charge < -0.3 is 20.3 Å². The molecule has 3 rings (SSSR count). The third-order valence-electron chi connectivity index (χ3n) is 3.47. The second kappa shape index (κ2) is 5.82. The largest absolute Gasteiger partial charge is 0.448 e. The number of halogens is 4. The van der Waals surface area contributed by atoms with Gasteiger partial charge in [-0.05, 0) is 23.9 Å². The second-order valence-corrected chi connectivity index (χ2v) is 5.15. The Hall–Kier alpha value is -2.99. The van der Waals surface area contributed by atoms with Gasteiger partial charge in [-0.3, -0.25) is 4.79 Å². The molecule has 0 aromatic heterocycles. The van der Waals surface area contributed by atoms with Gasteiger partial charge in [0.1, 0.15) is 17.6 Å². The van der Waals surface area contributed by atoms with Crippen molar-refractivity contribution in [2.24, 2.45) is 5.73 Å². The lowest BCUT2D eigenvalue weighted by atomic mass is 9.77. The number of hydrogen-bond donors (Lipinski definition) is 2. The molecular weight excluding hydrogens is 346 g/mol. The molecule has 0 heterocycles. The van der Waals surface area contributed by atoms with Crippen LogP contribution in [0.5, 0.6) is 11.5 Å². The van der Waals surface area contributed by atoms with E-state index >= 15 is 0 Å². The van der Waals surface area contributed by atoms with Crippen LogP contribution >= 0.6 is 0 Å². The van der Waals surface area contributed by atoms with Crippen molar-refractivity contribution in [2.45, 2.75) is 18.6 Å². The molecule has 0 saturated heterocycles. The monoisotopic (exact) mass is 355 g/mol. The summed E-state index contributed by atoms with van der Waals surface area (Å²) in [4.78, 5) is 11.3. The number of amides is 1. The number of aliphatic hydroxyl groups excluding tert-OH is 1. The standard InChI is InChI=1S/C16H9F4NO4/c17-15(18)25-10-4-7(14(21)23)3-9(5-10)24-8-1-2-12-11(6-8)13(22)16(12,19)20/h3-6,13,15,22H,(H2,21,23). The molecule has 9 heteroatoms. The van der Waals surface area contributed by atoms with Crippen molar-refractivity contribution in [3.05, 3.63) is 58.2 Å². The Morgan fingerprint density at radius 3 is 2.56 bits per heavy atom. The van der Waals surface area contributed by atoms with Crippen LogP contribution in [0.1, 0.15) is 10.4 Å². The summed E-state index contributed by atoms with van der Waals surface area (Å²) < 4.78 is 60.8. The molecule has 1 aromatic carbocycles. The second-order valence-electron chi connectivity index (χ2n) is 5.15. The van der Waals surface area contributed by atoms with E-state index in [0.717, 1.165) is 24.3 Å². The minimum Gasteiger partial charge on any atom is -0.448 e. The lowest BCUT2D eigenvalue weighted by Gasteiger charge is -2.37. The molecule has 1 unspecified atom stereocenters. The zero-order valence-corrected chi connectivity index (χ0v) is 12.2. The van der Waals surface area contributed by atoms with Crippen LogP contribution in [0.2, 0.25) is 0 Å². The van der Waals surface area contributed by atoms with E-state index in [1.54, 1.807) is 0 Å². The Kier molecular flexibility index (Phi) is 3.93. The summed E-state index contributed by atoms with van der Waals surface area (Å²) in [5, 5.41) is 9.37. The van der Waals surface area contributed by atoms with Crippen LogP contribution in [0.3, 0.4) is 0 Å². The number of rotatable bonds is 5. The van der Waals surface area contributed by atoms with Gasteiger partial charge in [0.2, 0.25) is 5.91 Å². The Morgan fingerprint density at radius 2 is 1.92 bits per heavy atom. The summed E-state index contributed by atoms with van der Waals surface area (Å²) in [6.45, 7) is -3.13. The smallest absolute Gasteiger partial charge is 0.387 e. The van der Waals surface area contributed by atoms with Crippen LogP contribution < -0.4 is 15.2 Å². The lowest BCUT2D eigenvalue weighted by Crippen LogP contribution is -2.49. The lowest BCUT2D eigenvalue weighted by molar-refractivity contribution is -0.0914. The number of carbonyl (C=O) groups excluding carboxylic acids is 1. The number of alkyl halides is 4. The van der Waals surface area contributed by atoms with Crippen LogP contribution in [-0.2, 0) is 0 Å². The molecule has 0 aliphatic heterocycles. The summed E-state index contributed by atoms with van der Waals surface area (Å²) in [6, 6.07) is 3.20. The van der Waals surface area contributed by atoms with Gasteiger partial charge in [0.25, 0.3) is 0 Å². The maximum absolute atomic E-state index is 13.3. The summed E-state index contributed by atoms with van der Waals surface area (Å²) in [5.74, 6) is -4.92. The minimum absolute atomic E-state index is 0.0890. The zero-order valence-electron chi connectivity index (χ0n) is 12.2. The SMILES string of the molecule is NC(=O)c1cc(OC2=C=C=C3C(=C2)C(O)C3(F)F)cc(OC(F)F)c1. The maximum Gasteiger partial charge on any atom is 0.387 e. The highest BCUT2D eigenvalue weighted by Crippen LogP contribution is 2.48.